The van der Waals surface area contributed by atoms with Gasteiger partial charge in [0.1, 0.15) is 16.0 Å². The number of rotatable bonds is 7. The Kier molecular flexibility index (Phi) is 6.34. The summed E-state index contributed by atoms with van der Waals surface area (Å²) in [6.07, 6.45) is 0.384. The number of nitrogens with one attached hydrogen (secondary N) is 1. The van der Waals surface area contributed by atoms with E-state index in [1.54, 1.807) is 0 Å². The van der Waals surface area contributed by atoms with E-state index in [1.165, 1.54) is 22.9 Å². The summed E-state index contributed by atoms with van der Waals surface area (Å²) in [5.41, 5.74) is -0.707. The summed E-state index contributed by atoms with van der Waals surface area (Å²) in [7, 11) is -0.407. The van der Waals surface area contributed by atoms with Crippen molar-refractivity contribution in [1.82, 2.24) is 34.1 Å². The van der Waals surface area contributed by atoms with E-state index in [0.29, 0.717) is 61.6 Å². The van der Waals surface area contributed by atoms with Crippen molar-refractivity contribution in [3.8, 4) is 16.9 Å². The predicted octanol–water partition coefficient (Wildman–Crippen LogP) is 1.95. The summed E-state index contributed by atoms with van der Waals surface area (Å²) in [5.74, 6) is 0.0747. The number of nitrogens with zero attached hydrogens (tertiary/aromatic N) is 8. The van der Waals surface area contributed by atoms with Crippen LogP contribution in [0, 0.1) is 11.3 Å². The zero-order valence-electron chi connectivity index (χ0n) is 22.1. The lowest BCUT2D eigenvalue weighted by atomic mass is 10.1. The number of alkyl halides is 3. The summed E-state index contributed by atoms with van der Waals surface area (Å²) in [4.78, 5) is 23.0. The minimum atomic E-state index is -4.69. The summed E-state index contributed by atoms with van der Waals surface area (Å²) in [6.45, 7) is 1.64. The van der Waals surface area contributed by atoms with Gasteiger partial charge in [0, 0.05) is 32.4 Å². The van der Waals surface area contributed by atoms with E-state index >= 15 is 0 Å². The van der Waals surface area contributed by atoms with Crippen molar-refractivity contribution in [2.24, 2.45) is 0 Å². The molecule has 0 radical (unpaired) electrons. The summed E-state index contributed by atoms with van der Waals surface area (Å²) < 4.78 is 70.3. The fourth-order valence-corrected chi connectivity index (χ4v) is 7.23. The lowest BCUT2D eigenvalue weighted by Gasteiger charge is -2.39. The number of amides is 1. The van der Waals surface area contributed by atoms with Gasteiger partial charge in [-0.05, 0) is 45.8 Å². The number of likely N-dealkylation sites (N-methyl/N-ethyl adjacent to an activating group) is 1. The number of hydrogen-bond donors (Lipinski definition) is 1. The second-order valence-corrected chi connectivity index (χ2v) is 13.5. The topological polar surface area (TPSA) is 140 Å². The number of carbonyl (C=O) groups excluding carboxylic acids is 1. The van der Waals surface area contributed by atoms with Crippen LogP contribution in [0.2, 0.25) is 0 Å². The molecular formula is C24H26F3N9O3S2. The van der Waals surface area contributed by atoms with E-state index in [0.717, 1.165) is 12.8 Å². The van der Waals surface area contributed by atoms with Crippen LogP contribution in [-0.4, -0.2) is 95.1 Å². The van der Waals surface area contributed by atoms with Gasteiger partial charge >= 0.3 is 6.18 Å². The Morgan fingerprint density at radius 1 is 1.15 bits per heavy atom. The maximum Gasteiger partial charge on any atom is 0.445 e. The van der Waals surface area contributed by atoms with Crippen LogP contribution in [0.1, 0.15) is 30.7 Å². The molecule has 0 bridgehead atoms. The zero-order valence-corrected chi connectivity index (χ0v) is 23.8. The predicted molar refractivity (Wildman–Crippen MR) is 141 cm³/mol. The lowest BCUT2D eigenvalue weighted by molar-refractivity contribution is -0.138. The van der Waals surface area contributed by atoms with Crippen LogP contribution in [0.5, 0.6) is 0 Å². The molecule has 0 aromatic carbocycles. The maximum absolute atomic E-state index is 13.4. The molecule has 41 heavy (non-hydrogen) atoms. The monoisotopic (exact) mass is 609 g/mol. The molecule has 3 aromatic rings. The number of aromatic nitrogens is 4. The fourth-order valence-electron chi connectivity index (χ4n) is 5.13. The first kappa shape index (κ1) is 27.8. The van der Waals surface area contributed by atoms with Crippen LogP contribution in [0.25, 0.3) is 16.3 Å². The Balaban J connectivity index is 1.37. The van der Waals surface area contributed by atoms with E-state index in [1.807, 2.05) is 34.9 Å². The number of anilines is 1. The van der Waals surface area contributed by atoms with Gasteiger partial charge in [0.05, 0.1) is 23.5 Å². The third-order valence-corrected chi connectivity index (χ3v) is 10.4. The molecule has 1 amide bonds. The van der Waals surface area contributed by atoms with Gasteiger partial charge in [-0.15, -0.1) is 10.2 Å². The molecule has 2 aliphatic carbocycles. The Labute approximate surface area is 237 Å². The summed E-state index contributed by atoms with van der Waals surface area (Å²) >= 11 is 0.304. The molecule has 4 heterocycles. The largest absolute Gasteiger partial charge is 0.445 e. The molecule has 0 unspecified atom stereocenters. The van der Waals surface area contributed by atoms with E-state index in [4.69, 9.17) is 0 Å². The number of nitriles is 1. The Morgan fingerprint density at radius 2 is 1.83 bits per heavy atom. The molecule has 1 saturated heterocycles. The molecule has 218 valence electrons. The maximum atomic E-state index is 13.4. The normalized spacial score (nSPS) is 19.9. The van der Waals surface area contributed by atoms with Crippen molar-refractivity contribution in [2.45, 2.75) is 47.8 Å². The minimum absolute atomic E-state index is 0.00295. The molecule has 1 aliphatic heterocycles. The van der Waals surface area contributed by atoms with E-state index < -0.39 is 32.3 Å². The molecular weight excluding hydrogens is 583 g/mol. The van der Waals surface area contributed by atoms with E-state index in [-0.39, 0.29) is 21.6 Å². The van der Waals surface area contributed by atoms with Crippen molar-refractivity contribution in [2.75, 3.05) is 45.2 Å². The van der Waals surface area contributed by atoms with E-state index in [9.17, 15) is 31.6 Å². The van der Waals surface area contributed by atoms with Crippen molar-refractivity contribution in [3.05, 3.63) is 23.5 Å². The molecule has 3 aliphatic rings. The number of carbonyl (C=O) groups is 1. The van der Waals surface area contributed by atoms with Gasteiger partial charge in [-0.1, -0.05) is 11.3 Å². The van der Waals surface area contributed by atoms with E-state index in [2.05, 4.69) is 19.9 Å². The number of hydrogen-bond acceptors (Lipinski definition) is 10. The Morgan fingerprint density at radius 3 is 2.37 bits per heavy atom. The highest BCUT2D eigenvalue weighted by Crippen LogP contribution is 2.42. The van der Waals surface area contributed by atoms with Gasteiger partial charge in [-0.2, -0.15) is 23.2 Å². The quantitative estimate of drug-likeness (QED) is 0.426. The number of piperazine rings is 1. The Hall–Kier alpha value is -3.33. The number of fused-ring (bicyclic) bond motifs is 1. The first-order valence-corrected chi connectivity index (χ1v) is 15.2. The Bertz CT molecular complexity index is 1680. The molecule has 0 atom stereocenters. The molecule has 3 fully saturated rings. The molecule has 0 spiro atoms. The van der Waals surface area contributed by atoms with Crippen LogP contribution in [0.4, 0.5) is 18.9 Å². The molecule has 12 nitrogen and oxygen atoms in total. The van der Waals surface area contributed by atoms with Crippen LogP contribution in [0.15, 0.2) is 23.4 Å². The number of sulfonamides is 1. The van der Waals surface area contributed by atoms with Crippen LogP contribution >= 0.6 is 11.3 Å². The van der Waals surface area contributed by atoms with Gasteiger partial charge in [0.25, 0.3) is 0 Å². The highest BCUT2D eigenvalue weighted by Gasteiger charge is 2.54. The van der Waals surface area contributed by atoms with Gasteiger partial charge in [-0.25, -0.2) is 13.4 Å². The SMILES string of the molecule is CN(C)C1(C(=O)N2CCN(c3cc(S(=O)(=O)NC4(C#N)CC4)cn4c(-c5nnc(C(F)(F)F)s5)ncc34)CC2)CC1. The second-order valence-electron chi connectivity index (χ2n) is 10.8. The lowest BCUT2D eigenvalue weighted by Crippen LogP contribution is -2.55. The van der Waals surface area contributed by atoms with Crippen molar-refractivity contribution < 1.29 is 26.4 Å². The average Bonchev–Trinajstić information content (AvgIpc) is 3.79. The number of pyridine rings is 1. The summed E-state index contributed by atoms with van der Waals surface area (Å²) in [5, 5.41) is 15.1. The minimum Gasteiger partial charge on any atom is -0.366 e. The zero-order chi connectivity index (χ0) is 29.4. The number of imidazole rings is 1. The summed E-state index contributed by atoms with van der Waals surface area (Å²) in [6, 6.07) is 3.47. The van der Waals surface area contributed by atoms with Crippen molar-refractivity contribution in [3.63, 3.8) is 0 Å². The van der Waals surface area contributed by atoms with Crippen LogP contribution < -0.4 is 9.62 Å². The van der Waals surface area contributed by atoms with Gasteiger partial charge in [-0.3, -0.25) is 14.1 Å². The van der Waals surface area contributed by atoms with Crippen molar-refractivity contribution in [1.29, 1.82) is 5.26 Å². The van der Waals surface area contributed by atoms with Crippen LogP contribution in [-0.2, 0) is 21.0 Å². The first-order chi connectivity index (χ1) is 19.3. The van der Waals surface area contributed by atoms with Gasteiger partial charge < -0.3 is 9.80 Å². The standard InChI is InChI=1S/C24H26F3N9O3S2/c1-33(2)23(5-6-23)21(37)35-9-7-34(8-10-35)16-11-15(41(38,39)32-22(14-28)3-4-22)13-36-17(16)12-29-18(36)19-30-31-20(40-19)24(25,26)27/h11-13,32H,3-10H2,1-2H3. The molecule has 2 saturated carbocycles. The van der Waals surface area contributed by atoms with Gasteiger partial charge in [0.15, 0.2) is 10.8 Å². The first-order valence-electron chi connectivity index (χ1n) is 12.9. The fraction of sp³-hybridized carbons (Fsp3) is 0.542. The van der Waals surface area contributed by atoms with Crippen LogP contribution in [0.3, 0.4) is 0 Å². The molecule has 3 aromatic heterocycles. The third kappa shape index (κ3) is 4.82. The average molecular weight is 610 g/mol. The smallest absolute Gasteiger partial charge is 0.366 e. The molecule has 6 rings (SSSR count). The van der Waals surface area contributed by atoms with Crippen molar-refractivity contribution >= 4 is 38.5 Å². The molecule has 17 heteroatoms. The highest BCUT2D eigenvalue weighted by atomic mass is 32.2. The number of halogens is 3. The van der Waals surface area contributed by atoms with Gasteiger partial charge in [0.2, 0.25) is 20.9 Å². The highest BCUT2D eigenvalue weighted by molar-refractivity contribution is 7.89. The second kappa shape index (κ2) is 9.34. The molecule has 1 N–H and O–H groups in total. The third-order valence-electron chi connectivity index (χ3n) is 7.94.